The Hall–Kier alpha value is -0.640. The molecule has 0 atom stereocenters. The molecule has 0 heterocycles. The van der Waals surface area contributed by atoms with Crippen LogP contribution in [-0.4, -0.2) is 22.2 Å². The molecule has 12 heavy (non-hydrogen) atoms. The fraction of sp³-hybridized carbons (Fsp3) is 1.00. The lowest BCUT2D eigenvalue weighted by Gasteiger charge is -2.28. The third-order valence-corrected chi connectivity index (χ3v) is 2.75. The summed E-state index contributed by atoms with van der Waals surface area (Å²) in [5, 5.41) is 19.5. The minimum Gasteiger partial charge on any atom is -0.396 e. The van der Waals surface area contributed by atoms with E-state index in [0.717, 1.165) is 19.3 Å². The van der Waals surface area contributed by atoms with Crippen molar-refractivity contribution < 1.29 is 10.0 Å². The fourth-order valence-electron chi connectivity index (χ4n) is 1.94. The van der Waals surface area contributed by atoms with Crippen LogP contribution in [0.2, 0.25) is 0 Å². The van der Waals surface area contributed by atoms with Gasteiger partial charge in [0, 0.05) is 30.8 Å². The molecule has 0 aliphatic heterocycles. The molecule has 1 aliphatic rings. The van der Waals surface area contributed by atoms with Crippen LogP contribution in [0.3, 0.4) is 0 Å². The molecule has 0 amide bonds. The van der Waals surface area contributed by atoms with E-state index in [-0.39, 0.29) is 11.5 Å². The van der Waals surface area contributed by atoms with Gasteiger partial charge in [0.15, 0.2) is 0 Å². The van der Waals surface area contributed by atoms with Crippen LogP contribution >= 0.6 is 0 Å². The number of rotatable bonds is 3. The Balaban J connectivity index is 2.63. The molecule has 4 nitrogen and oxygen atoms in total. The highest BCUT2D eigenvalue weighted by Crippen LogP contribution is 2.33. The van der Waals surface area contributed by atoms with Crippen LogP contribution in [0.4, 0.5) is 0 Å². The van der Waals surface area contributed by atoms with Crippen molar-refractivity contribution in [3.05, 3.63) is 10.1 Å². The first-order valence-electron chi connectivity index (χ1n) is 4.47. The van der Waals surface area contributed by atoms with E-state index in [1.165, 1.54) is 0 Å². The minimum atomic E-state index is -0.799. The molecule has 0 radical (unpaired) electrons. The molecule has 4 heteroatoms. The van der Waals surface area contributed by atoms with E-state index in [4.69, 9.17) is 5.11 Å². The molecule has 0 bridgehead atoms. The smallest absolute Gasteiger partial charge is 0.224 e. The first kappa shape index (κ1) is 9.45. The van der Waals surface area contributed by atoms with Crippen molar-refractivity contribution in [3.8, 4) is 0 Å². The van der Waals surface area contributed by atoms with E-state index in [1.54, 1.807) is 0 Å². The first-order valence-corrected chi connectivity index (χ1v) is 4.47. The van der Waals surface area contributed by atoms with Gasteiger partial charge in [-0.25, -0.2) is 0 Å². The SMILES string of the molecule is O=[N+]([O-])C1(CCO)CCCCC1. The van der Waals surface area contributed by atoms with Crippen molar-refractivity contribution in [3.63, 3.8) is 0 Å². The molecule has 1 fully saturated rings. The molecule has 1 aliphatic carbocycles. The topological polar surface area (TPSA) is 63.4 Å². The average Bonchev–Trinajstić information content (AvgIpc) is 2.06. The third-order valence-electron chi connectivity index (χ3n) is 2.75. The fourth-order valence-corrected chi connectivity index (χ4v) is 1.94. The van der Waals surface area contributed by atoms with Crippen molar-refractivity contribution in [2.75, 3.05) is 6.61 Å². The minimum absolute atomic E-state index is 0.0685. The van der Waals surface area contributed by atoms with Crippen LogP contribution in [0, 0.1) is 10.1 Å². The van der Waals surface area contributed by atoms with Crippen LogP contribution in [-0.2, 0) is 0 Å². The van der Waals surface area contributed by atoms with Gasteiger partial charge in [-0.05, 0) is 12.8 Å². The van der Waals surface area contributed by atoms with Gasteiger partial charge < -0.3 is 5.11 Å². The standard InChI is InChI=1S/C8H15NO3/c10-7-6-8(9(11)12)4-2-1-3-5-8/h10H,1-7H2. The molecule has 1 N–H and O–H groups in total. The van der Waals surface area contributed by atoms with Gasteiger partial charge >= 0.3 is 0 Å². The van der Waals surface area contributed by atoms with Crippen molar-refractivity contribution in [1.82, 2.24) is 0 Å². The highest BCUT2D eigenvalue weighted by molar-refractivity contribution is 4.82. The Labute approximate surface area is 71.7 Å². The molecule has 0 saturated heterocycles. The second-order valence-electron chi connectivity index (χ2n) is 3.52. The summed E-state index contributed by atoms with van der Waals surface area (Å²) >= 11 is 0. The largest absolute Gasteiger partial charge is 0.396 e. The summed E-state index contributed by atoms with van der Waals surface area (Å²) in [5.41, 5.74) is -0.799. The van der Waals surface area contributed by atoms with Crippen molar-refractivity contribution in [1.29, 1.82) is 0 Å². The predicted octanol–water partition coefficient (Wildman–Crippen LogP) is 1.35. The van der Waals surface area contributed by atoms with Crippen molar-refractivity contribution in [2.45, 2.75) is 44.1 Å². The average molecular weight is 173 g/mol. The zero-order chi connectivity index (χ0) is 9.03. The summed E-state index contributed by atoms with van der Waals surface area (Å²) in [4.78, 5) is 10.6. The molecule has 0 unspecified atom stereocenters. The summed E-state index contributed by atoms with van der Waals surface area (Å²) in [6.45, 7) is -0.0685. The van der Waals surface area contributed by atoms with E-state index in [1.807, 2.05) is 0 Å². The summed E-state index contributed by atoms with van der Waals surface area (Å²) in [6.07, 6.45) is 4.56. The Kier molecular flexibility index (Phi) is 3.03. The highest BCUT2D eigenvalue weighted by Gasteiger charge is 2.42. The summed E-state index contributed by atoms with van der Waals surface area (Å²) in [6, 6.07) is 0. The van der Waals surface area contributed by atoms with Gasteiger partial charge in [0.25, 0.3) is 0 Å². The maximum Gasteiger partial charge on any atom is 0.224 e. The van der Waals surface area contributed by atoms with Crippen LogP contribution in [0.1, 0.15) is 38.5 Å². The number of hydrogen-bond donors (Lipinski definition) is 1. The van der Waals surface area contributed by atoms with Gasteiger partial charge in [-0.1, -0.05) is 6.42 Å². The van der Waals surface area contributed by atoms with Gasteiger partial charge in [-0.3, -0.25) is 10.1 Å². The van der Waals surface area contributed by atoms with Gasteiger partial charge in [0.05, 0.1) is 0 Å². The predicted molar refractivity (Wildman–Crippen MR) is 44.5 cm³/mol. The molecule has 70 valence electrons. The maximum absolute atomic E-state index is 10.8. The lowest BCUT2D eigenvalue weighted by Crippen LogP contribution is -2.41. The van der Waals surface area contributed by atoms with E-state index >= 15 is 0 Å². The van der Waals surface area contributed by atoms with Gasteiger partial charge in [-0.15, -0.1) is 0 Å². The number of nitro groups is 1. The molecule has 0 spiro atoms. The van der Waals surface area contributed by atoms with E-state index in [9.17, 15) is 10.1 Å². The molecular formula is C8H15NO3. The molecule has 0 aromatic carbocycles. The van der Waals surface area contributed by atoms with E-state index in [2.05, 4.69) is 0 Å². The van der Waals surface area contributed by atoms with E-state index < -0.39 is 5.54 Å². The second kappa shape index (κ2) is 3.85. The van der Waals surface area contributed by atoms with Crippen LogP contribution < -0.4 is 0 Å². The lowest BCUT2D eigenvalue weighted by molar-refractivity contribution is -0.576. The number of nitrogens with zero attached hydrogens (tertiary/aromatic N) is 1. The first-order chi connectivity index (χ1) is 5.71. The molecule has 1 saturated carbocycles. The van der Waals surface area contributed by atoms with Gasteiger partial charge in [0.2, 0.25) is 5.54 Å². The van der Waals surface area contributed by atoms with Crippen LogP contribution in [0.5, 0.6) is 0 Å². The maximum atomic E-state index is 10.8. The molecule has 1 rings (SSSR count). The molecular weight excluding hydrogens is 158 g/mol. The van der Waals surface area contributed by atoms with Gasteiger partial charge in [-0.2, -0.15) is 0 Å². The molecule has 0 aromatic heterocycles. The van der Waals surface area contributed by atoms with Crippen molar-refractivity contribution >= 4 is 0 Å². The third kappa shape index (κ3) is 1.75. The van der Waals surface area contributed by atoms with E-state index in [0.29, 0.717) is 19.3 Å². The lowest BCUT2D eigenvalue weighted by atomic mass is 9.80. The summed E-state index contributed by atoms with van der Waals surface area (Å²) in [5.74, 6) is 0. The Morgan fingerprint density at radius 3 is 2.33 bits per heavy atom. The Bertz CT molecular complexity index is 158. The second-order valence-corrected chi connectivity index (χ2v) is 3.52. The highest BCUT2D eigenvalue weighted by atomic mass is 16.6. The van der Waals surface area contributed by atoms with Crippen molar-refractivity contribution in [2.24, 2.45) is 0 Å². The summed E-state index contributed by atoms with van der Waals surface area (Å²) < 4.78 is 0. The zero-order valence-corrected chi connectivity index (χ0v) is 7.16. The normalized spacial score (nSPS) is 22.1. The monoisotopic (exact) mass is 173 g/mol. The van der Waals surface area contributed by atoms with Crippen LogP contribution in [0.15, 0.2) is 0 Å². The molecule has 0 aromatic rings. The quantitative estimate of drug-likeness (QED) is 0.517. The number of aliphatic hydroxyl groups is 1. The number of aliphatic hydroxyl groups excluding tert-OH is 1. The summed E-state index contributed by atoms with van der Waals surface area (Å²) in [7, 11) is 0. The Morgan fingerprint density at radius 1 is 1.33 bits per heavy atom. The van der Waals surface area contributed by atoms with Gasteiger partial charge in [0.1, 0.15) is 0 Å². The zero-order valence-electron chi connectivity index (χ0n) is 7.16. The van der Waals surface area contributed by atoms with Crippen LogP contribution in [0.25, 0.3) is 0 Å². The number of hydrogen-bond acceptors (Lipinski definition) is 3. The Morgan fingerprint density at radius 2 is 1.92 bits per heavy atom.